The lowest BCUT2D eigenvalue weighted by Crippen LogP contribution is -2.56. The number of primary amides is 1. The minimum absolute atomic E-state index is 0.0801. The van der Waals surface area contributed by atoms with Crippen molar-refractivity contribution in [2.45, 2.75) is 19.1 Å². The summed E-state index contributed by atoms with van der Waals surface area (Å²) in [6.45, 7) is 3.29. The number of nitrogens with two attached hydrogens (primary N) is 1. The van der Waals surface area contributed by atoms with Crippen LogP contribution in [-0.4, -0.2) is 97.8 Å². The molecule has 2 aromatic rings. The molecule has 2 aliphatic heterocycles. The molecule has 1 aromatic carbocycles. The van der Waals surface area contributed by atoms with Crippen LogP contribution >= 0.6 is 0 Å². The van der Waals surface area contributed by atoms with Crippen molar-refractivity contribution in [3.8, 4) is 11.1 Å². The van der Waals surface area contributed by atoms with Crippen LogP contribution in [0.25, 0.3) is 11.1 Å². The Bertz CT molecular complexity index is 1250. The Hall–Kier alpha value is -4.33. The van der Waals surface area contributed by atoms with E-state index < -0.39 is 41.9 Å². The number of rotatable bonds is 8. The van der Waals surface area contributed by atoms with Gasteiger partial charge in [0.15, 0.2) is 6.04 Å². The maximum Gasteiger partial charge on any atom is 0.414 e. The van der Waals surface area contributed by atoms with E-state index in [1.807, 2.05) is 4.90 Å². The minimum atomic E-state index is -1.06. The first-order chi connectivity index (χ1) is 18.6. The third kappa shape index (κ3) is 5.74. The molecule has 4 rings (SSSR count). The van der Waals surface area contributed by atoms with Gasteiger partial charge >= 0.3 is 12.1 Å². The topological polar surface area (TPSA) is 160 Å². The Balaban J connectivity index is 1.39. The average Bonchev–Trinajstić information content (AvgIpc) is 3.34. The van der Waals surface area contributed by atoms with Crippen LogP contribution in [0.3, 0.4) is 0 Å². The SMILES string of the molecule is CNC(C(=O)OC)C(=O)N1CCN(c2ncc(-c3ccc(N4CC([C@H](C)C(N)=O)OC4=O)cc3F)cn2)CC1. The number of nitrogens with one attached hydrogen (secondary N) is 1. The number of amides is 3. The van der Waals surface area contributed by atoms with Crippen molar-refractivity contribution in [1.29, 1.82) is 0 Å². The number of piperazine rings is 1. The van der Waals surface area contributed by atoms with Crippen LogP contribution < -0.4 is 20.9 Å². The van der Waals surface area contributed by atoms with E-state index in [2.05, 4.69) is 20.0 Å². The van der Waals surface area contributed by atoms with Crippen LogP contribution in [0.15, 0.2) is 30.6 Å². The summed E-state index contributed by atoms with van der Waals surface area (Å²) in [5.74, 6) is -2.43. The Morgan fingerprint density at radius 1 is 1.18 bits per heavy atom. The van der Waals surface area contributed by atoms with Crippen molar-refractivity contribution in [3.63, 3.8) is 0 Å². The summed E-state index contributed by atoms with van der Waals surface area (Å²) >= 11 is 0. The molecular formula is C25H30FN7O6. The summed E-state index contributed by atoms with van der Waals surface area (Å²) in [5, 5.41) is 2.67. The summed E-state index contributed by atoms with van der Waals surface area (Å²) in [4.78, 5) is 61.6. The quantitative estimate of drug-likeness (QED) is 0.346. The molecule has 3 heterocycles. The van der Waals surface area contributed by atoms with Crippen LogP contribution in [-0.2, 0) is 23.9 Å². The molecule has 0 spiro atoms. The molecule has 0 aliphatic carbocycles. The molecule has 14 heteroatoms. The molecule has 2 aliphatic rings. The van der Waals surface area contributed by atoms with E-state index in [1.54, 1.807) is 17.9 Å². The Morgan fingerprint density at radius 2 is 1.85 bits per heavy atom. The Labute approximate surface area is 224 Å². The van der Waals surface area contributed by atoms with Crippen molar-refractivity contribution >= 4 is 35.5 Å². The summed E-state index contributed by atoms with van der Waals surface area (Å²) < 4.78 is 25.0. The standard InChI is InChI=1S/C25H30FN7O6/c1-14(21(27)34)19-13-33(25(37)39-19)16-4-5-17(18(26)10-16)15-11-29-24(30-12-15)32-8-6-31(7-9-32)22(35)20(28-2)23(36)38-3/h4-5,10-12,14,19-20,28H,6-9,13H2,1-3H3,(H2,27,34)/t14-,19?,20?/m0/s1. The van der Waals surface area contributed by atoms with Gasteiger partial charge in [-0.25, -0.2) is 23.9 Å². The van der Waals surface area contributed by atoms with Gasteiger partial charge in [0.1, 0.15) is 11.9 Å². The van der Waals surface area contributed by atoms with E-state index in [1.165, 1.54) is 43.6 Å². The molecule has 3 amide bonds. The third-order valence-corrected chi connectivity index (χ3v) is 6.90. The first kappa shape index (κ1) is 27.7. The monoisotopic (exact) mass is 543 g/mol. The predicted octanol–water partition coefficient (Wildman–Crippen LogP) is 0.139. The first-order valence-electron chi connectivity index (χ1n) is 12.3. The fourth-order valence-corrected chi connectivity index (χ4v) is 4.44. The molecule has 3 N–H and O–H groups in total. The molecule has 2 unspecified atom stereocenters. The van der Waals surface area contributed by atoms with Gasteiger partial charge in [-0.3, -0.25) is 19.8 Å². The van der Waals surface area contributed by atoms with Gasteiger partial charge in [-0.2, -0.15) is 0 Å². The smallest absolute Gasteiger partial charge is 0.414 e. The lowest BCUT2D eigenvalue weighted by molar-refractivity contribution is -0.150. The van der Waals surface area contributed by atoms with Gasteiger partial charge in [-0.1, -0.05) is 0 Å². The van der Waals surface area contributed by atoms with Crippen molar-refractivity contribution < 1.29 is 33.0 Å². The fourth-order valence-electron chi connectivity index (χ4n) is 4.44. The molecule has 0 bridgehead atoms. The number of cyclic esters (lactones) is 1. The van der Waals surface area contributed by atoms with Crippen LogP contribution in [0, 0.1) is 11.7 Å². The van der Waals surface area contributed by atoms with Gasteiger partial charge in [-0.05, 0) is 32.2 Å². The van der Waals surface area contributed by atoms with Gasteiger partial charge < -0.3 is 25.0 Å². The number of esters is 1. The number of carbonyl (C=O) groups is 4. The van der Waals surface area contributed by atoms with Crippen molar-refractivity contribution in [3.05, 3.63) is 36.4 Å². The molecule has 2 fully saturated rings. The van der Waals surface area contributed by atoms with Crippen LogP contribution in [0.1, 0.15) is 6.92 Å². The predicted molar refractivity (Wildman–Crippen MR) is 137 cm³/mol. The van der Waals surface area contributed by atoms with Gasteiger partial charge in [0.2, 0.25) is 11.9 Å². The molecule has 3 atom stereocenters. The zero-order valence-corrected chi connectivity index (χ0v) is 21.8. The number of hydrogen-bond donors (Lipinski definition) is 2. The number of likely N-dealkylation sites (N-methyl/N-ethyl adjacent to an activating group) is 1. The van der Waals surface area contributed by atoms with E-state index in [0.717, 1.165) is 0 Å². The number of benzene rings is 1. The number of halogens is 1. The van der Waals surface area contributed by atoms with Gasteiger partial charge in [-0.15, -0.1) is 0 Å². The van der Waals surface area contributed by atoms with Gasteiger partial charge in [0.25, 0.3) is 5.91 Å². The number of nitrogens with zero attached hydrogens (tertiary/aromatic N) is 5. The van der Waals surface area contributed by atoms with Gasteiger partial charge in [0.05, 0.1) is 25.3 Å². The maximum absolute atomic E-state index is 15.1. The Kier molecular flexibility index (Phi) is 8.24. The lowest BCUT2D eigenvalue weighted by Gasteiger charge is -2.35. The lowest BCUT2D eigenvalue weighted by atomic mass is 10.0. The first-order valence-corrected chi connectivity index (χ1v) is 12.3. The highest BCUT2D eigenvalue weighted by Crippen LogP contribution is 2.30. The molecule has 0 radical (unpaired) electrons. The molecule has 39 heavy (non-hydrogen) atoms. The summed E-state index contributed by atoms with van der Waals surface area (Å²) in [5.41, 5.74) is 6.28. The third-order valence-electron chi connectivity index (χ3n) is 6.90. The van der Waals surface area contributed by atoms with E-state index in [4.69, 9.17) is 10.5 Å². The summed E-state index contributed by atoms with van der Waals surface area (Å²) in [6.07, 6.45) is 1.61. The highest BCUT2D eigenvalue weighted by molar-refractivity contribution is 6.02. The molecule has 0 saturated carbocycles. The largest absolute Gasteiger partial charge is 0.467 e. The van der Waals surface area contributed by atoms with E-state index in [0.29, 0.717) is 37.7 Å². The summed E-state index contributed by atoms with van der Waals surface area (Å²) in [6, 6.07) is 3.25. The second-order valence-corrected chi connectivity index (χ2v) is 9.22. The molecule has 2 saturated heterocycles. The second-order valence-electron chi connectivity index (χ2n) is 9.22. The van der Waals surface area contributed by atoms with Crippen molar-refractivity contribution in [2.24, 2.45) is 11.7 Å². The minimum Gasteiger partial charge on any atom is -0.467 e. The molecular weight excluding hydrogens is 513 g/mol. The zero-order valence-electron chi connectivity index (χ0n) is 21.8. The normalized spacial score (nSPS) is 18.9. The summed E-state index contributed by atoms with van der Waals surface area (Å²) in [7, 11) is 2.75. The molecule has 13 nitrogen and oxygen atoms in total. The zero-order chi connectivity index (χ0) is 28.3. The number of aromatic nitrogens is 2. The number of hydrogen-bond acceptors (Lipinski definition) is 10. The average molecular weight is 544 g/mol. The molecule has 1 aromatic heterocycles. The Morgan fingerprint density at radius 3 is 2.41 bits per heavy atom. The van der Waals surface area contributed by atoms with Crippen molar-refractivity contribution in [2.75, 3.05) is 56.7 Å². The van der Waals surface area contributed by atoms with Crippen molar-refractivity contribution in [1.82, 2.24) is 20.2 Å². The van der Waals surface area contributed by atoms with Crippen LogP contribution in [0.5, 0.6) is 0 Å². The number of methoxy groups -OCH3 is 1. The maximum atomic E-state index is 15.1. The number of ether oxygens (including phenoxy) is 2. The van der Waals surface area contributed by atoms with E-state index in [9.17, 15) is 19.2 Å². The van der Waals surface area contributed by atoms with E-state index >= 15 is 4.39 Å². The highest BCUT2D eigenvalue weighted by atomic mass is 19.1. The van der Waals surface area contributed by atoms with Gasteiger partial charge in [0, 0.05) is 49.7 Å². The van der Waals surface area contributed by atoms with Crippen LogP contribution in [0.2, 0.25) is 0 Å². The second kappa shape index (κ2) is 11.6. The van der Waals surface area contributed by atoms with Crippen LogP contribution in [0.4, 0.5) is 20.8 Å². The number of carbonyl (C=O) groups excluding carboxylic acids is 4. The molecule has 208 valence electrons. The van der Waals surface area contributed by atoms with E-state index in [-0.39, 0.29) is 23.7 Å². The highest BCUT2D eigenvalue weighted by Gasteiger charge is 2.38. The number of anilines is 2. The fraction of sp³-hybridized carbons (Fsp3) is 0.440.